The third-order valence-corrected chi connectivity index (χ3v) is 2.71. The lowest BCUT2D eigenvalue weighted by Gasteiger charge is -2.14. The molecule has 0 aromatic rings. The van der Waals surface area contributed by atoms with E-state index in [0.717, 1.165) is 38.3 Å². The molecule has 0 bridgehead atoms. The van der Waals surface area contributed by atoms with Crippen LogP contribution in [0.2, 0.25) is 0 Å². The molecule has 0 aliphatic carbocycles. The molecule has 0 saturated heterocycles. The van der Waals surface area contributed by atoms with Gasteiger partial charge in [-0.1, -0.05) is 27.2 Å². The Bertz CT molecular complexity index is 280. The Balaban J connectivity index is 0. The average molecular weight is 398 g/mol. The average Bonchev–Trinajstić information content (AvgIpc) is 2.34. The van der Waals surface area contributed by atoms with Gasteiger partial charge in [-0.25, -0.2) is 4.99 Å². The number of guanidine groups is 1. The van der Waals surface area contributed by atoms with E-state index in [2.05, 4.69) is 36.4 Å². The van der Waals surface area contributed by atoms with E-state index in [1.54, 1.807) is 19.0 Å². The van der Waals surface area contributed by atoms with Crippen LogP contribution in [0.3, 0.4) is 0 Å². The van der Waals surface area contributed by atoms with Gasteiger partial charge in [0.05, 0.1) is 0 Å². The molecular weight excluding hydrogens is 367 g/mol. The molecule has 0 saturated carbocycles. The molecule has 6 heteroatoms. The number of carbonyl (C=O) groups excluding carboxylic acids is 1. The van der Waals surface area contributed by atoms with Crippen molar-refractivity contribution in [3.63, 3.8) is 0 Å². The monoisotopic (exact) mass is 398 g/mol. The van der Waals surface area contributed by atoms with Crippen molar-refractivity contribution in [2.45, 2.75) is 40.0 Å². The van der Waals surface area contributed by atoms with E-state index in [1.165, 1.54) is 0 Å². The summed E-state index contributed by atoms with van der Waals surface area (Å²) in [5.41, 5.74) is 0. The van der Waals surface area contributed by atoms with E-state index in [9.17, 15) is 4.79 Å². The number of likely N-dealkylation sites (N-methyl/N-ethyl adjacent to an activating group) is 1. The predicted molar refractivity (Wildman–Crippen MR) is 96.8 cm³/mol. The molecule has 120 valence electrons. The van der Waals surface area contributed by atoms with Gasteiger partial charge >= 0.3 is 0 Å². The predicted octanol–water partition coefficient (Wildman–Crippen LogP) is 2.07. The summed E-state index contributed by atoms with van der Waals surface area (Å²) in [6.07, 6.45) is 3.34. The lowest BCUT2D eigenvalue weighted by atomic mass is 10.1. The maximum atomic E-state index is 11.5. The Labute approximate surface area is 141 Å². The number of hydrogen-bond acceptors (Lipinski definition) is 2. The van der Waals surface area contributed by atoms with Crippen LogP contribution in [-0.4, -0.2) is 50.5 Å². The van der Waals surface area contributed by atoms with Crippen molar-refractivity contribution in [1.82, 2.24) is 15.5 Å². The van der Waals surface area contributed by atoms with Gasteiger partial charge in [0.15, 0.2) is 5.96 Å². The Kier molecular flexibility index (Phi) is 14.6. The highest BCUT2D eigenvalue weighted by atomic mass is 127. The zero-order valence-electron chi connectivity index (χ0n) is 13.5. The van der Waals surface area contributed by atoms with Gasteiger partial charge in [0.2, 0.25) is 5.91 Å². The van der Waals surface area contributed by atoms with Crippen LogP contribution in [0, 0.1) is 5.92 Å². The van der Waals surface area contributed by atoms with Crippen LogP contribution in [0.1, 0.15) is 40.0 Å². The second kappa shape index (κ2) is 13.5. The maximum Gasteiger partial charge on any atom is 0.243 e. The van der Waals surface area contributed by atoms with Crippen LogP contribution in [0.5, 0.6) is 0 Å². The van der Waals surface area contributed by atoms with Gasteiger partial charge in [0.1, 0.15) is 6.54 Å². The molecular formula is C14H31IN4O. The molecule has 5 nitrogen and oxygen atoms in total. The molecule has 2 N–H and O–H groups in total. The van der Waals surface area contributed by atoms with E-state index in [1.807, 2.05) is 0 Å². The molecule has 0 aromatic heterocycles. The summed E-state index contributed by atoms with van der Waals surface area (Å²) in [5, 5.41) is 6.53. The molecule has 0 aromatic carbocycles. The fourth-order valence-electron chi connectivity index (χ4n) is 1.33. The first kappa shape index (κ1) is 21.8. The molecule has 20 heavy (non-hydrogen) atoms. The molecule has 1 amide bonds. The number of nitrogens with one attached hydrogen (secondary N) is 2. The number of nitrogens with zero attached hydrogens (tertiary/aromatic N) is 2. The third kappa shape index (κ3) is 12.5. The van der Waals surface area contributed by atoms with Gasteiger partial charge in [-0.05, 0) is 18.8 Å². The van der Waals surface area contributed by atoms with Gasteiger partial charge in [0, 0.05) is 27.2 Å². The standard InChI is InChI=1S/C14H30N4O.HI/c1-6-7-9-15-14(16-10-8-12(2)3)17-11-13(19)18(4)5;/h12H,6-11H2,1-5H3,(H2,15,16,17);1H. The first-order valence-corrected chi connectivity index (χ1v) is 7.19. The Morgan fingerprint density at radius 3 is 2.30 bits per heavy atom. The number of hydrogen-bond donors (Lipinski definition) is 2. The van der Waals surface area contributed by atoms with Crippen LogP contribution in [-0.2, 0) is 4.79 Å². The Morgan fingerprint density at radius 2 is 1.80 bits per heavy atom. The summed E-state index contributed by atoms with van der Waals surface area (Å²) < 4.78 is 0. The number of halogens is 1. The van der Waals surface area contributed by atoms with Gasteiger partial charge in [-0.3, -0.25) is 4.79 Å². The van der Waals surface area contributed by atoms with Gasteiger partial charge < -0.3 is 15.5 Å². The number of amides is 1. The van der Waals surface area contributed by atoms with E-state index >= 15 is 0 Å². The summed E-state index contributed by atoms with van der Waals surface area (Å²) in [4.78, 5) is 17.4. The molecule has 0 aliphatic rings. The molecule has 0 spiro atoms. The quantitative estimate of drug-likeness (QED) is 0.285. The maximum absolute atomic E-state index is 11.5. The van der Waals surface area contributed by atoms with Crippen molar-refractivity contribution in [1.29, 1.82) is 0 Å². The van der Waals surface area contributed by atoms with Crippen molar-refractivity contribution < 1.29 is 4.79 Å². The van der Waals surface area contributed by atoms with Crippen molar-refractivity contribution in [2.24, 2.45) is 10.9 Å². The van der Waals surface area contributed by atoms with Gasteiger partial charge in [0.25, 0.3) is 0 Å². The first-order valence-electron chi connectivity index (χ1n) is 7.19. The zero-order valence-corrected chi connectivity index (χ0v) is 15.9. The second-order valence-corrected chi connectivity index (χ2v) is 5.34. The summed E-state index contributed by atoms with van der Waals surface area (Å²) >= 11 is 0. The molecule has 0 unspecified atom stereocenters. The minimum Gasteiger partial charge on any atom is -0.356 e. The number of rotatable bonds is 8. The molecule has 0 aliphatic heterocycles. The lowest BCUT2D eigenvalue weighted by molar-refractivity contribution is -0.127. The molecule has 0 rings (SSSR count). The second-order valence-electron chi connectivity index (χ2n) is 5.34. The van der Waals surface area contributed by atoms with Crippen molar-refractivity contribution >= 4 is 35.8 Å². The molecule has 0 radical (unpaired) electrons. The van der Waals surface area contributed by atoms with Crippen LogP contribution >= 0.6 is 24.0 Å². The minimum atomic E-state index is 0. The zero-order chi connectivity index (χ0) is 14.7. The molecule has 0 heterocycles. The summed E-state index contributed by atoms with van der Waals surface area (Å²) in [7, 11) is 3.49. The fourth-order valence-corrected chi connectivity index (χ4v) is 1.33. The Morgan fingerprint density at radius 1 is 1.20 bits per heavy atom. The summed E-state index contributed by atoms with van der Waals surface area (Å²) in [5.74, 6) is 1.41. The van der Waals surface area contributed by atoms with E-state index in [4.69, 9.17) is 0 Å². The van der Waals surface area contributed by atoms with Crippen molar-refractivity contribution in [3.05, 3.63) is 0 Å². The largest absolute Gasteiger partial charge is 0.356 e. The first-order chi connectivity index (χ1) is 8.97. The highest BCUT2D eigenvalue weighted by Crippen LogP contribution is 1.96. The number of carbonyl (C=O) groups is 1. The highest BCUT2D eigenvalue weighted by molar-refractivity contribution is 14.0. The van der Waals surface area contributed by atoms with E-state index in [-0.39, 0.29) is 36.4 Å². The van der Waals surface area contributed by atoms with E-state index < -0.39 is 0 Å². The fraction of sp³-hybridized carbons (Fsp3) is 0.857. The topological polar surface area (TPSA) is 56.7 Å². The highest BCUT2D eigenvalue weighted by Gasteiger charge is 2.04. The minimum absolute atomic E-state index is 0. The normalized spacial score (nSPS) is 11.0. The summed E-state index contributed by atoms with van der Waals surface area (Å²) in [6.45, 7) is 8.50. The van der Waals surface area contributed by atoms with Crippen LogP contribution in [0.15, 0.2) is 4.99 Å². The van der Waals surface area contributed by atoms with Crippen LogP contribution in [0.4, 0.5) is 0 Å². The van der Waals surface area contributed by atoms with Gasteiger partial charge in [-0.2, -0.15) is 0 Å². The van der Waals surface area contributed by atoms with Crippen molar-refractivity contribution in [2.75, 3.05) is 33.7 Å². The molecule has 0 atom stereocenters. The third-order valence-electron chi connectivity index (χ3n) is 2.71. The molecule has 0 fully saturated rings. The van der Waals surface area contributed by atoms with E-state index in [0.29, 0.717) is 5.92 Å². The SMILES string of the molecule is CCCCNC(=NCC(=O)N(C)C)NCCC(C)C.I. The van der Waals surface area contributed by atoms with Crippen molar-refractivity contribution in [3.8, 4) is 0 Å². The lowest BCUT2D eigenvalue weighted by Crippen LogP contribution is -2.39. The number of unbranched alkanes of at least 4 members (excludes halogenated alkanes) is 1. The van der Waals surface area contributed by atoms with Gasteiger partial charge in [-0.15, -0.1) is 24.0 Å². The van der Waals surface area contributed by atoms with Crippen LogP contribution < -0.4 is 10.6 Å². The summed E-state index contributed by atoms with van der Waals surface area (Å²) in [6, 6.07) is 0. The van der Waals surface area contributed by atoms with Crippen LogP contribution in [0.25, 0.3) is 0 Å². The number of aliphatic imine (C=N–C) groups is 1. The Hall–Kier alpha value is -0.530. The smallest absolute Gasteiger partial charge is 0.243 e.